The first kappa shape index (κ1) is 12.6. The van der Waals surface area contributed by atoms with Gasteiger partial charge in [-0.15, -0.1) is 0 Å². The van der Waals surface area contributed by atoms with Crippen molar-refractivity contribution < 1.29 is 4.74 Å². The number of benzene rings is 1. The number of aromatic nitrogens is 2. The summed E-state index contributed by atoms with van der Waals surface area (Å²) in [6, 6.07) is 5.49. The maximum Gasteiger partial charge on any atom is 0.238 e. The third-order valence-electron chi connectivity index (χ3n) is 1.98. The number of ether oxygens (including phenoxy) is 1. The molecule has 1 aromatic heterocycles. The molecule has 0 bridgehead atoms. The normalized spacial score (nSPS) is 10.4. The van der Waals surface area contributed by atoms with E-state index >= 15 is 0 Å². The lowest BCUT2D eigenvalue weighted by Crippen LogP contribution is -1.92. The van der Waals surface area contributed by atoms with Crippen molar-refractivity contribution in [1.29, 1.82) is 0 Å². The molecule has 6 heteroatoms. The van der Waals surface area contributed by atoms with Crippen molar-refractivity contribution in [2.24, 2.45) is 0 Å². The standard InChI is InChI=1S/C11H7BrCl2N2O/c1-6-2-3-9(8(13)4-6)17-10-7(12)5-15-11(14)16-10/h2-5H,1H3. The van der Waals surface area contributed by atoms with E-state index in [9.17, 15) is 0 Å². The van der Waals surface area contributed by atoms with Gasteiger partial charge in [-0.2, -0.15) is 4.98 Å². The van der Waals surface area contributed by atoms with Crippen LogP contribution >= 0.6 is 39.1 Å². The fourth-order valence-corrected chi connectivity index (χ4v) is 1.87. The number of hydrogen-bond donors (Lipinski definition) is 0. The summed E-state index contributed by atoms with van der Waals surface area (Å²) in [5.74, 6) is 0.850. The van der Waals surface area contributed by atoms with E-state index in [1.807, 2.05) is 19.1 Å². The summed E-state index contributed by atoms with van der Waals surface area (Å²) in [6.45, 7) is 1.95. The molecular formula is C11H7BrCl2N2O. The molecule has 0 fully saturated rings. The predicted octanol–water partition coefficient (Wildman–Crippen LogP) is 4.65. The van der Waals surface area contributed by atoms with Gasteiger partial charge in [0.15, 0.2) is 0 Å². The lowest BCUT2D eigenvalue weighted by atomic mass is 10.2. The van der Waals surface area contributed by atoms with Crippen molar-refractivity contribution in [1.82, 2.24) is 9.97 Å². The molecule has 1 heterocycles. The molecule has 1 aromatic carbocycles. The minimum atomic E-state index is 0.117. The van der Waals surface area contributed by atoms with Crippen molar-refractivity contribution in [3.05, 3.63) is 44.7 Å². The molecule has 0 amide bonds. The number of nitrogens with zero attached hydrogens (tertiary/aromatic N) is 2. The van der Waals surface area contributed by atoms with E-state index in [-0.39, 0.29) is 5.28 Å². The largest absolute Gasteiger partial charge is 0.436 e. The van der Waals surface area contributed by atoms with Crippen molar-refractivity contribution in [2.75, 3.05) is 0 Å². The number of halogens is 3. The Labute approximate surface area is 117 Å². The number of aryl methyl sites for hydroxylation is 1. The fourth-order valence-electron chi connectivity index (χ4n) is 1.20. The second-order valence-electron chi connectivity index (χ2n) is 3.33. The van der Waals surface area contributed by atoms with Crippen molar-refractivity contribution >= 4 is 39.1 Å². The van der Waals surface area contributed by atoms with Gasteiger partial charge in [0.25, 0.3) is 0 Å². The Hall–Kier alpha value is -0.840. The summed E-state index contributed by atoms with van der Waals surface area (Å²) in [5, 5.41) is 0.637. The van der Waals surface area contributed by atoms with Gasteiger partial charge in [0.2, 0.25) is 11.2 Å². The first-order chi connectivity index (χ1) is 8.06. The molecule has 0 aliphatic carbocycles. The van der Waals surface area contributed by atoms with E-state index in [1.54, 1.807) is 6.07 Å². The first-order valence-corrected chi connectivity index (χ1v) is 6.23. The molecule has 0 saturated heterocycles. The van der Waals surface area contributed by atoms with Crippen LogP contribution in [-0.4, -0.2) is 9.97 Å². The quantitative estimate of drug-likeness (QED) is 0.750. The lowest BCUT2D eigenvalue weighted by Gasteiger charge is -2.08. The van der Waals surface area contributed by atoms with Crippen molar-refractivity contribution in [3.8, 4) is 11.6 Å². The Balaban J connectivity index is 2.34. The summed E-state index contributed by atoms with van der Waals surface area (Å²) in [6.07, 6.45) is 1.52. The van der Waals surface area contributed by atoms with Crippen LogP contribution in [-0.2, 0) is 0 Å². The van der Waals surface area contributed by atoms with Crippen molar-refractivity contribution in [2.45, 2.75) is 6.92 Å². The minimum absolute atomic E-state index is 0.117. The smallest absolute Gasteiger partial charge is 0.238 e. The highest BCUT2D eigenvalue weighted by molar-refractivity contribution is 9.10. The molecule has 0 aliphatic rings. The summed E-state index contributed by atoms with van der Waals surface area (Å²) >= 11 is 15.0. The van der Waals surface area contributed by atoms with E-state index in [0.29, 0.717) is 21.1 Å². The molecule has 0 aliphatic heterocycles. The molecule has 88 valence electrons. The topological polar surface area (TPSA) is 35.0 Å². The zero-order chi connectivity index (χ0) is 12.4. The molecule has 0 spiro atoms. The zero-order valence-electron chi connectivity index (χ0n) is 8.75. The third-order valence-corrected chi connectivity index (χ3v) is 3.00. The molecule has 0 unspecified atom stereocenters. The number of hydrogen-bond acceptors (Lipinski definition) is 3. The third kappa shape index (κ3) is 3.09. The second kappa shape index (κ2) is 5.21. The molecule has 17 heavy (non-hydrogen) atoms. The van der Waals surface area contributed by atoms with E-state index in [0.717, 1.165) is 5.56 Å². The highest BCUT2D eigenvalue weighted by Crippen LogP contribution is 2.32. The van der Waals surface area contributed by atoms with Gasteiger partial charge in [-0.25, -0.2) is 4.98 Å². The highest BCUT2D eigenvalue weighted by Gasteiger charge is 2.09. The van der Waals surface area contributed by atoms with Crippen LogP contribution in [0.2, 0.25) is 10.3 Å². The SMILES string of the molecule is Cc1ccc(Oc2nc(Cl)ncc2Br)c(Cl)c1. The molecule has 0 N–H and O–H groups in total. The van der Waals surface area contributed by atoms with Gasteiger partial charge >= 0.3 is 0 Å². The predicted molar refractivity (Wildman–Crippen MR) is 71.0 cm³/mol. The lowest BCUT2D eigenvalue weighted by molar-refractivity contribution is 0.458. The summed E-state index contributed by atoms with van der Waals surface area (Å²) in [5.41, 5.74) is 1.06. The summed E-state index contributed by atoms with van der Waals surface area (Å²) < 4.78 is 6.17. The van der Waals surface area contributed by atoms with Crippen molar-refractivity contribution in [3.63, 3.8) is 0 Å². The molecule has 0 saturated carbocycles. The van der Waals surface area contributed by atoms with Gasteiger partial charge in [-0.1, -0.05) is 17.7 Å². The first-order valence-electron chi connectivity index (χ1n) is 4.68. The Bertz CT molecular complexity index is 563. The van der Waals surface area contributed by atoms with Gasteiger partial charge in [0.05, 0.1) is 9.50 Å². The average Bonchev–Trinajstić information content (AvgIpc) is 2.27. The van der Waals surface area contributed by atoms with E-state index in [1.165, 1.54) is 6.20 Å². The van der Waals surface area contributed by atoms with Crippen LogP contribution in [0.1, 0.15) is 5.56 Å². The van der Waals surface area contributed by atoms with Crippen LogP contribution in [0.3, 0.4) is 0 Å². The van der Waals surface area contributed by atoms with E-state index in [2.05, 4.69) is 25.9 Å². The van der Waals surface area contributed by atoms with Crippen LogP contribution in [0.15, 0.2) is 28.9 Å². The molecule has 3 nitrogen and oxygen atoms in total. The Kier molecular flexibility index (Phi) is 3.86. The zero-order valence-corrected chi connectivity index (χ0v) is 11.8. The van der Waals surface area contributed by atoms with Crippen LogP contribution in [0, 0.1) is 6.92 Å². The molecule has 0 radical (unpaired) electrons. The van der Waals surface area contributed by atoms with E-state index < -0.39 is 0 Å². The summed E-state index contributed by atoms with van der Waals surface area (Å²) in [4.78, 5) is 7.77. The molecule has 0 atom stereocenters. The van der Waals surface area contributed by atoms with Crippen LogP contribution in [0.5, 0.6) is 11.6 Å². The molecular weight excluding hydrogens is 327 g/mol. The van der Waals surface area contributed by atoms with E-state index in [4.69, 9.17) is 27.9 Å². The highest BCUT2D eigenvalue weighted by atomic mass is 79.9. The van der Waals surface area contributed by atoms with Crippen LogP contribution in [0.25, 0.3) is 0 Å². The monoisotopic (exact) mass is 332 g/mol. The molecule has 2 aromatic rings. The maximum atomic E-state index is 6.05. The average molecular weight is 334 g/mol. The van der Waals surface area contributed by atoms with Gasteiger partial charge in [-0.05, 0) is 52.2 Å². The van der Waals surface area contributed by atoms with Gasteiger partial charge in [-0.3, -0.25) is 0 Å². The fraction of sp³-hybridized carbons (Fsp3) is 0.0909. The maximum absolute atomic E-state index is 6.05. The summed E-state index contributed by atoms with van der Waals surface area (Å²) in [7, 11) is 0. The Morgan fingerprint density at radius 1 is 1.29 bits per heavy atom. The molecule has 2 rings (SSSR count). The second-order valence-corrected chi connectivity index (χ2v) is 4.93. The Morgan fingerprint density at radius 2 is 2.06 bits per heavy atom. The Morgan fingerprint density at radius 3 is 2.76 bits per heavy atom. The van der Waals surface area contributed by atoms with Gasteiger partial charge in [0.1, 0.15) is 5.75 Å². The minimum Gasteiger partial charge on any atom is -0.436 e. The van der Waals surface area contributed by atoms with Crippen LogP contribution in [0.4, 0.5) is 0 Å². The van der Waals surface area contributed by atoms with Gasteiger partial charge in [0, 0.05) is 6.20 Å². The number of rotatable bonds is 2. The van der Waals surface area contributed by atoms with Crippen LogP contribution < -0.4 is 4.74 Å². The van der Waals surface area contributed by atoms with Gasteiger partial charge < -0.3 is 4.74 Å².